The summed E-state index contributed by atoms with van der Waals surface area (Å²) in [5.41, 5.74) is 0.608. The Kier molecular flexibility index (Phi) is 6.56. The fourth-order valence-corrected chi connectivity index (χ4v) is 2.18. The first kappa shape index (κ1) is 17.0. The number of amides is 1. The van der Waals surface area contributed by atoms with E-state index in [0.717, 1.165) is 23.6 Å². The van der Waals surface area contributed by atoms with E-state index in [1.54, 1.807) is 12.1 Å². The van der Waals surface area contributed by atoms with E-state index in [1.807, 2.05) is 37.4 Å². The molecule has 1 atom stereocenters. The number of para-hydroxylation sites is 1. The highest BCUT2D eigenvalue weighted by atomic mass is 19.1. The molecule has 0 spiro atoms. The predicted octanol–water partition coefficient (Wildman–Crippen LogP) is 1.75. The van der Waals surface area contributed by atoms with Crippen LogP contribution < -0.4 is 15.0 Å². The third kappa shape index (κ3) is 6.48. The van der Waals surface area contributed by atoms with Crippen molar-refractivity contribution in [3.63, 3.8) is 0 Å². The summed E-state index contributed by atoms with van der Waals surface area (Å²) in [5, 5.41) is 2.76. The molecule has 1 amide bonds. The molecule has 0 aliphatic rings. The molecule has 0 heterocycles. The maximum atomic E-state index is 12.8. The van der Waals surface area contributed by atoms with Gasteiger partial charge >= 0.3 is 0 Å². The van der Waals surface area contributed by atoms with Crippen molar-refractivity contribution in [1.82, 2.24) is 0 Å². The second-order valence-corrected chi connectivity index (χ2v) is 5.45. The molecule has 0 saturated heterocycles. The van der Waals surface area contributed by atoms with Gasteiger partial charge in [-0.2, -0.15) is 0 Å². The molecule has 2 aromatic carbocycles. The number of carbonyl (C=O) groups is 1. The first-order valence-corrected chi connectivity index (χ1v) is 7.68. The van der Waals surface area contributed by atoms with Gasteiger partial charge < -0.3 is 15.0 Å². The first-order valence-electron chi connectivity index (χ1n) is 7.68. The van der Waals surface area contributed by atoms with Crippen molar-refractivity contribution >= 4 is 11.6 Å². The third-order valence-electron chi connectivity index (χ3n) is 3.35. The summed E-state index contributed by atoms with van der Waals surface area (Å²) in [4.78, 5) is 13.0. The van der Waals surface area contributed by atoms with Gasteiger partial charge in [0.2, 0.25) is 0 Å². The maximum absolute atomic E-state index is 12.8. The Hall–Kier alpha value is -2.40. The number of nitrogens with one attached hydrogen (secondary N) is 2. The van der Waals surface area contributed by atoms with Gasteiger partial charge in [0.05, 0.1) is 20.2 Å². The van der Waals surface area contributed by atoms with Crippen LogP contribution in [0.2, 0.25) is 0 Å². The summed E-state index contributed by atoms with van der Waals surface area (Å²) in [6.07, 6.45) is 0.866. The number of hydrogen-bond donors (Lipinski definition) is 2. The number of anilines is 1. The number of quaternary nitrogens is 1. The lowest BCUT2D eigenvalue weighted by molar-refractivity contribution is -0.871. The molecule has 23 heavy (non-hydrogen) atoms. The van der Waals surface area contributed by atoms with Gasteiger partial charge in [-0.15, -0.1) is 0 Å². The van der Waals surface area contributed by atoms with Crippen LogP contribution >= 0.6 is 0 Å². The fraction of sp³-hybridized carbons (Fsp3) is 0.278. The highest BCUT2D eigenvalue weighted by Gasteiger charge is 2.10. The Morgan fingerprint density at radius 2 is 1.83 bits per heavy atom. The summed E-state index contributed by atoms with van der Waals surface area (Å²) in [6, 6.07) is 15.4. The van der Waals surface area contributed by atoms with Gasteiger partial charge in [-0.3, -0.25) is 4.79 Å². The number of benzene rings is 2. The van der Waals surface area contributed by atoms with E-state index in [9.17, 15) is 9.18 Å². The monoisotopic (exact) mass is 317 g/mol. The molecule has 2 N–H and O–H groups in total. The number of likely N-dealkylation sites (N-methyl/N-ethyl adjacent to an activating group) is 1. The van der Waals surface area contributed by atoms with Crippen molar-refractivity contribution in [3.8, 4) is 5.75 Å². The lowest BCUT2D eigenvalue weighted by Gasteiger charge is -2.14. The Balaban J connectivity index is 1.63. The van der Waals surface area contributed by atoms with Crippen LogP contribution in [-0.4, -0.2) is 32.7 Å². The number of carbonyl (C=O) groups excluding carboxylic acids is 1. The Morgan fingerprint density at radius 3 is 2.52 bits per heavy atom. The second-order valence-electron chi connectivity index (χ2n) is 5.45. The quantitative estimate of drug-likeness (QED) is 0.729. The summed E-state index contributed by atoms with van der Waals surface area (Å²) in [5.74, 6) is 0.460. The number of hydrogen-bond acceptors (Lipinski definition) is 2. The molecule has 0 aromatic heterocycles. The number of halogens is 1. The van der Waals surface area contributed by atoms with Crippen molar-refractivity contribution in [2.45, 2.75) is 6.42 Å². The zero-order valence-electron chi connectivity index (χ0n) is 13.2. The smallest absolute Gasteiger partial charge is 0.279 e. The van der Waals surface area contributed by atoms with Crippen molar-refractivity contribution in [3.05, 3.63) is 60.4 Å². The topological polar surface area (TPSA) is 42.8 Å². The van der Waals surface area contributed by atoms with Crippen molar-refractivity contribution in [2.75, 3.05) is 32.1 Å². The zero-order valence-corrected chi connectivity index (χ0v) is 13.2. The molecule has 2 aromatic rings. The van der Waals surface area contributed by atoms with E-state index in [4.69, 9.17) is 4.74 Å². The van der Waals surface area contributed by atoms with Gasteiger partial charge in [0.1, 0.15) is 11.6 Å². The molecular formula is C18H22FN2O2+. The molecule has 2 rings (SSSR count). The second kappa shape index (κ2) is 8.90. The normalized spacial score (nSPS) is 11.7. The van der Waals surface area contributed by atoms with Crippen LogP contribution in [0.1, 0.15) is 6.42 Å². The van der Waals surface area contributed by atoms with Gasteiger partial charge in [-0.25, -0.2) is 4.39 Å². The standard InChI is InChI=1S/C18H21FN2O2/c1-21(12-5-13-23-17-6-3-2-4-7-17)14-18(22)20-16-10-8-15(19)9-11-16/h2-4,6-11H,5,12-14H2,1H3,(H,20,22)/p+1. The van der Waals surface area contributed by atoms with E-state index in [1.165, 1.54) is 12.1 Å². The average molecular weight is 317 g/mol. The van der Waals surface area contributed by atoms with Crippen molar-refractivity contribution in [2.24, 2.45) is 0 Å². The third-order valence-corrected chi connectivity index (χ3v) is 3.35. The molecule has 1 unspecified atom stereocenters. The van der Waals surface area contributed by atoms with Gasteiger partial charge in [0.25, 0.3) is 5.91 Å². The van der Waals surface area contributed by atoms with Gasteiger partial charge in [0.15, 0.2) is 6.54 Å². The minimum atomic E-state index is -0.316. The molecule has 0 aliphatic heterocycles. The molecule has 0 saturated carbocycles. The van der Waals surface area contributed by atoms with Crippen LogP contribution in [0.15, 0.2) is 54.6 Å². The van der Waals surface area contributed by atoms with E-state index in [2.05, 4.69) is 5.32 Å². The van der Waals surface area contributed by atoms with Gasteiger partial charge in [-0.1, -0.05) is 18.2 Å². The molecule has 0 radical (unpaired) electrons. The van der Waals surface area contributed by atoms with E-state index >= 15 is 0 Å². The van der Waals surface area contributed by atoms with Crippen LogP contribution in [0.5, 0.6) is 5.75 Å². The minimum Gasteiger partial charge on any atom is -0.493 e. The van der Waals surface area contributed by atoms with Crippen molar-refractivity contribution in [1.29, 1.82) is 0 Å². The largest absolute Gasteiger partial charge is 0.493 e. The highest BCUT2D eigenvalue weighted by molar-refractivity contribution is 5.91. The van der Waals surface area contributed by atoms with Gasteiger partial charge in [0, 0.05) is 12.1 Å². The van der Waals surface area contributed by atoms with Crippen LogP contribution in [0.3, 0.4) is 0 Å². The Bertz CT molecular complexity index is 602. The lowest BCUT2D eigenvalue weighted by atomic mass is 10.3. The molecule has 4 nitrogen and oxygen atoms in total. The molecule has 0 fully saturated rings. The Morgan fingerprint density at radius 1 is 1.13 bits per heavy atom. The van der Waals surface area contributed by atoms with Crippen LogP contribution in [0.4, 0.5) is 10.1 Å². The molecule has 0 bridgehead atoms. The SMILES string of the molecule is C[NH+](CCCOc1ccccc1)CC(=O)Nc1ccc(F)cc1. The van der Waals surface area contributed by atoms with E-state index < -0.39 is 0 Å². The summed E-state index contributed by atoms with van der Waals surface area (Å²) in [7, 11) is 1.97. The van der Waals surface area contributed by atoms with Crippen molar-refractivity contribution < 1.29 is 18.8 Å². The average Bonchev–Trinajstić information content (AvgIpc) is 2.55. The molecule has 122 valence electrons. The van der Waals surface area contributed by atoms with Crippen LogP contribution in [0.25, 0.3) is 0 Å². The molecular weight excluding hydrogens is 295 g/mol. The lowest BCUT2D eigenvalue weighted by Crippen LogP contribution is -3.10. The summed E-state index contributed by atoms with van der Waals surface area (Å²) >= 11 is 0. The molecule has 5 heteroatoms. The van der Waals surface area contributed by atoms with Crippen LogP contribution in [-0.2, 0) is 4.79 Å². The predicted molar refractivity (Wildman–Crippen MR) is 88.2 cm³/mol. The Labute approximate surface area is 135 Å². The maximum Gasteiger partial charge on any atom is 0.279 e. The van der Waals surface area contributed by atoms with Gasteiger partial charge in [-0.05, 0) is 36.4 Å². The summed E-state index contributed by atoms with van der Waals surface area (Å²) < 4.78 is 18.4. The zero-order chi connectivity index (χ0) is 16.5. The van der Waals surface area contributed by atoms with E-state index in [-0.39, 0.29) is 11.7 Å². The fourth-order valence-electron chi connectivity index (χ4n) is 2.18. The number of rotatable bonds is 8. The first-order chi connectivity index (χ1) is 11.1. The van der Waals surface area contributed by atoms with Crippen LogP contribution in [0, 0.1) is 5.82 Å². The molecule has 0 aliphatic carbocycles. The minimum absolute atomic E-state index is 0.0851. The highest BCUT2D eigenvalue weighted by Crippen LogP contribution is 2.08. The number of ether oxygens (including phenoxy) is 1. The summed E-state index contributed by atoms with van der Waals surface area (Å²) in [6.45, 7) is 1.83. The van der Waals surface area contributed by atoms with E-state index in [0.29, 0.717) is 18.8 Å².